The number of hydrogen-bond donors (Lipinski definition) is 1. The molecular weight excluding hydrogens is 292 g/mol. The average Bonchev–Trinajstić information content (AvgIpc) is 2.31. The highest BCUT2D eigenvalue weighted by atomic mass is 35.5. The second-order valence-electron chi connectivity index (χ2n) is 3.68. The van der Waals surface area contributed by atoms with Crippen LogP contribution in [0.5, 0.6) is 0 Å². The molecule has 0 bridgehead atoms. The topological polar surface area (TPSA) is 26.0 Å². The number of nitrogen functional groups attached to an aromatic ring is 1. The molecule has 0 saturated heterocycles. The van der Waals surface area contributed by atoms with E-state index in [9.17, 15) is 4.39 Å². The largest absolute Gasteiger partial charge is 0.399 e. The fraction of sp³-hybridized carbons (Fsp3) is 0.0769. The van der Waals surface area contributed by atoms with Gasteiger partial charge in [-0.15, -0.1) is 11.8 Å². The highest BCUT2D eigenvalue weighted by molar-refractivity contribution is 7.98. The van der Waals surface area contributed by atoms with Crippen LogP contribution >= 0.6 is 35.0 Å². The zero-order valence-electron chi connectivity index (χ0n) is 9.29. The molecule has 2 aromatic carbocycles. The van der Waals surface area contributed by atoms with Crippen LogP contribution < -0.4 is 5.73 Å². The summed E-state index contributed by atoms with van der Waals surface area (Å²) in [5.74, 6) is 0.183. The van der Waals surface area contributed by atoms with Gasteiger partial charge in [0.05, 0.1) is 0 Å². The molecule has 0 spiro atoms. The number of benzene rings is 2. The zero-order valence-corrected chi connectivity index (χ0v) is 11.6. The lowest BCUT2D eigenvalue weighted by molar-refractivity contribution is 0.603. The Kier molecular flexibility index (Phi) is 4.38. The van der Waals surface area contributed by atoms with Crippen LogP contribution in [0.2, 0.25) is 10.0 Å². The van der Waals surface area contributed by atoms with Crippen molar-refractivity contribution in [2.45, 2.75) is 10.6 Å². The molecule has 0 aliphatic carbocycles. The van der Waals surface area contributed by atoms with Crippen molar-refractivity contribution in [3.63, 3.8) is 0 Å². The van der Waals surface area contributed by atoms with Gasteiger partial charge in [0.1, 0.15) is 5.82 Å². The van der Waals surface area contributed by atoms with Gasteiger partial charge < -0.3 is 5.73 Å². The molecule has 0 unspecified atom stereocenters. The van der Waals surface area contributed by atoms with E-state index in [-0.39, 0.29) is 5.82 Å². The molecular formula is C13H10Cl2FNS. The molecule has 0 aromatic heterocycles. The van der Waals surface area contributed by atoms with E-state index < -0.39 is 0 Å². The number of thioether (sulfide) groups is 1. The molecule has 0 fully saturated rings. The SMILES string of the molecule is Nc1ccc(SCc2c(Cl)cccc2Cl)c(F)c1. The fourth-order valence-electron chi connectivity index (χ4n) is 1.45. The number of anilines is 1. The van der Waals surface area contributed by atoms with E-state index in [1.54, 1.807) is 30.3 Å². The smallest absolute Gasteiger partial charge is 0.138 e. The summed E-state index contributed by atoms with van der Waals surface area (Å²) in [4.78, 5) is 0.528. The lowest BCUT2D eigenvalue weighted by Crippen LogP contribution is -1.89. The molecule has 0 saturated carbocycles. The van der Waals surface area contributed by atoms with E-state index in [4.69, 9.17) is 28.9 Å². The third kappa shape index (κ3) is 3.10. The Hall–Kier alpha value is -0.900. The van der Waals surface area contributed by atoms with Gasteiger partial charge in [-0.05, 0) is 35.9 Å². The standard InChI is InChI=1S/C13H10Cl2FNS/c14-10-2-1-3-11(15)9(10)7-18-13-5-4-8(17)6-12(13)16/h1-6H,7,17H2. The minimum Gasteiger partial charge on any atom is -0.399 e. The van der Waals surface area contributed by atoms with Crippen LogP contribution in [-0.4, -0.2) is 0 Å². The van der Waals surface area contributed by atoms with Crippen molar-refractivity contribution in [1.29, 1.82) is 0 Å². The minimum absolute atomic E-state index is 0.330. The maximum Gasteiger partial charge on any atom is 0.138 e. The normalized spacial score (nSPS) is 10.6. The Morgan fingerprint density at radius 1 is 1.11 bits per heavy atom. The Labute approximate surface area is 119 Å². The lowest BCUT2D eigenvalue weighted by atomic mass is 10.2. The second-order valence-corrected chi connectivity index (χ2v) is 5.51. The summed E-state index contributed by atoms with van der Waals surface area (Å²) >= 11 is 13.4. The quantitative estimate of drug-likeness (QED) is 0.637. The van der Waals surface area contributed by atoms with Crippen LogP contribution in [0.3, 0.4) is 0 Å². The minimum atomic E-state index is -0.330. The Morgan fingerprint density at radius 3 is 2.39 bits per heavy atom. The molecule has 18 heavy (non-hydrogen) atoms. The molecule has 1 nitrogen and oxygen atoms in total. The third-order valence-corrected chi connectivity index (χ3v) is 4.17. The summed E-state index contributed by atoms with van der Waals surface area (Å²) in [5.41, 5.74) is 6.71. The first-order chi connectivity index (χ1) is 8.58. The van der Waals surface area contributed by atoms with E-state index in [0.29, 0.717) is 26.4 Å². The first-order valence-corrected chi connectivity index (χ1v) is 6.93. The van der Waals surface area contributed by atoms with E-state index >= 15 is 0 Å². The van der Waals surface area contributed by atoms with Gasteiger partial charge in [-0.1, -0.05) is 29.3 Å². The van der Waals surface area contributed by atoms with Crippen molar-refractivity contribution in [1.82, 2.24) is 0 Å². The first-order valence-electron chi connectivity index (χ1n) is 5.18. The fourth-order valence-corrected chi connectivity index (χ4v) is 3.12. The summed E-state index contributed by atoms with van der Waals surface area (Å²) in [5, 5.41) is 1.18. The van der Waals surface area contributed by atoms with Crippen molar-refractivity contribution in [2.75, 3.05) is 5.73 Å². The van der Waals surface area contributed by atoms with Crippen molar-refractivity contribution in [2.24, 2.45) is 0 Å². The Bertz CT molecular complexity index is 555. The van der Waals surface area contributed by atoms with Crippen LogP contribution in [0.4, 0.5) is 10.1 Å². The van der Waals surface area contributed by atoms with Gasteiger partial charge in [0.25, 0.3) is 0 Å². The summed E-state index contributed by atoms with van der Waals surface area (Å²) < 4.78 is 13.6. The molecule has 2 rings (SSSR count). The predicted octanol–water partition coefficient (Wildman–Crippen LogP) is 5.01. The molecule has 2 N–H and O–H groups in total. The van der Waals surface area contributed by atoms with Crippen LogP contribution in [0.15, 0.2) is 41.3 Å². The van der Waals surface area contributed by atoms with Gasteiger partial charge in [0.2, 0.25) is 0 Å². The highest BCUT2D eigenvalue weighted by Gasteiger charge is 2.08. The number of halogens is 3. The molecule has 94 valence electrons. The molecule has 0 amide bonds. The summed E-state index contributed by atoms with van der Waals surface area (Å²) in [6.07, 6.45) is 0. The van der Waals surface area contributed by atoms with E-state index in [0.717, 1.165) is 5.56 Å². The van der Waals surface area contributed by atoms with Crippen molar-refractivity contribution in [3.05, 3.63) is 57.8 Å². The summed E-state index contributed by atoms with van der Waals surface area (Å²) in [6.45, 7) is 0. The molecule has 2 aromatic rings. The van der Waals surface area contributed by atoms with E-state index in [2.05, 4.69) is 0 Å². The van der Waals surface area contributed by atoms with Gasteiger partial charge in [0.15, 0.2) is 0 Å². The van der Waals surface area contributed by atoms with Gasteiger partial charge >= 0.3 is 0 Å². The number of hydrogen-bond acceptors (Lipinski definition) is 2. The molecule has 0 atom stereocenters. The Balaban J connectivity index is 2.16. The van der Waals surface area contributed by atoms with Crippen molar-refractivity contribution in [3.8, 4) is 0 Å². The maximum atomic E-state index is 13.6. The van der Waals surface area contributed by atoms with Gasteiger partial charge in [0, 0.05) is 26.4 Å². The third-order valence-electron chi connectivity index (χ3n) is 2.39. The first kappa shape index (κ1) is 13.5. The van der Waals surface area contributed by atoms with Crippen LogP contribution in [-0.2, 0) is 5.75 Å². The molecule has 0 aliphatic heterocycles. The van der Waals surface area contributed by atoms with Gasteiger partial charge in [-0.25, -0.2) is 4.39 Å². The number of nitrogens with two attached hydrogens (primary N) is 1. The molecule has 5 heteroatoms. The maximum absolute atomic E-state index is 13.6. The van der Waals surface area contributed by atoms with Crippen molar-refractivity contribution < 1.29 is 4.39 Å². The van der Waals surface area contributed by atoms with E-state index in [1.165, 1.54) is 17.8 Å². The molecule has 0 heterocycles. The predicted molar refractivity (Wildman–Crippen MR) is 76.8 cm³/mol. The molecule has 0 aliphatic rings. The average molecular weight is 302 g/mol. The summed E-state index contributed by atoms with van der Waals surface area (Å²) in [6, 6.07) is 9.93. The second kappa shape index (κ2) is 5.83. The van der Waals surface area contributed by atoms with Crippen LogP contribution in [0.25, 0.3) is 0 Å². The van der Waals surface area contributed by atoms with Crippen molar-refractivity contribution >= 4 is 40.7 Å². The van der Waals surface area contributed by atoms with Gasteiger partial charge in [-0.3, -0.25) is 0 Å². The van der Waals surface area contributed by atoms with Crippen LogP contribution in [0, 0.1) is 5.82 Å². The molecule has 0 radical (unpaired) electrons. The lowest BCUT2D eigenvalue weighted by Gasteiger charge is -2.07. The zero-order chi connectivity index (χ0) is 13.1. The van der Waals surface area contributed by atoms with Gasteiger partial charge in [-0.2, -0.15) is 0 Å². The summed E-state index contributed by atoms with van der Waals surface area (Å²) in [7, 11) is 0. The highest BCUT2D eigenvalue weighted by Crippen LogP contribution is 2.32. The van der Waals surface area contributed by atoms with E-state index in [1.807, 2.05) is 0 Å². The number of rotatable bonds is 3. The van der Waals surface area contributed by atoms with Crippen LogP contribution in [0.1, 0.15) is 5.56 Å². The Morgan fingerprint density at radius 2 is 1.78 bits per heavy atom. The monoisotopic (exact) mass is 301 g/mol.